The summed E-state index contributed by atoms with van der Waals surface area (Å²) < 4.78 is 0. The van der Waals surface area contributed by atoms with Crippen LogP contribution in [0.15, 0.2) is 70.6 Å². The van der Waals surface area contributed by atoms with Crippen LogP contribution >= 0.6 is 46.6 Å². The van der Waals surface area contributed by atoms with Gasteiger partial charge in [0.2, 0.25) is 0 Å². The lowest BCUT2D eigenvalue weighted by Crippen LogP contribution is -2.45. The molecule has 2 aliphatic heterocycles. The van der Waals surface area contributed by atoms with E-state index in [1.165, 1.54) is 10.6 Å². The number of anilines is 2. The van der Waals surface area contributed by atoms with E-state index in [-0.39, 0.29) is 0 Å². The van der Waals surface area contributed by atoms with Gasteiger partial charge in [-0.2, -0.15) is 0 Å². The molecular weight excluding hydrogens is 521 g/mol. The Bertz CT molecular complexity index is 1100. The maximum Gasteiger partial charge on any atom is 0.196 e. The molecule has 0 spiro atoms. The molecule has 5 nitrogen and oxygen atoms in total. The first-order valence-corrected chi connectivity index (χ1v) is 13.7. The standard InChI is InChI=1S/C17H21ClN2S.C9H9Cl2N3/c1-19(2)10-5-11-20-14-6-3-4-7-16(14)21-17-9-8-13(18)12-15(17)20;10-6-2-1-3-7(11)8(6)14-9-12-4-5-13-9/h3-4,6-9,12,14,16H,5,10-11H2,1-2H3;1-3H,4-5H2,(H2,12,13,14). The molecule has 35 heavy (non-hydrogen) atoms. The number of nitrogens with one attached hydrogen (secondary N) is 2. The van der Waals surface area contributed by atoms with Crippen molar-refractivity contribution in [3.8, 4) is 0 Å². The van der Waals surface area contributed by atoms with Crippen molar-refractivity contribution in [2.24, 2.45) is 4.99 Å². The number of para-hydroxylation sites is 1. The monoisotopic (exact) mass is 549 g/mol. The molecule has 2 aromatic rings. The summed E-state index contributed by atoms with van der Waals surface area (Å²) in [5.41, 5.74) is 1.98. The molecule has 2 heterocycles. The summed E-state index contributed by atoms with van der Waals surface area (Å²) in [6, 6.07) is 12.1. The van der Waals surface area contributed by atoms with E-state index in [1.54, 1.807) is 18.2 Å². The van der Waals surface area contributed by atoms with Crippen LogP contribution in [0.3, 0.4) is 0 Å². The minimum atomic E-state index is 0.438. The number of guanidine groups is 1. The minimum absolute atomic E-state index is 0.438. The largest absolute Gasteiger partial charge is 0.363 e. The number of fused-ring (bicyclic) bond motifs is 2. The first-order chi connectivity index (χ1) is 16.9. The zero-order chi connectivity index (χ0) is 24.8. The fourth-order valence-corrected chi connectivity index (χ4v) is 6.07. The van der Waals surface area contributed by atoms with Gasteiger partial charge in [-0.3, -0.25) is 4.99 Å². The Morgan fingerprint density at radius 1 is 1.11 bits per heavy atom. The van der Waals surface area contributed by atoms with Crippen LogP contribution in [0.2, 0.25) is 15.1 Å². The molecule has 186 valence electrons. The summed E-state index contributed by atoms with van der Waals surface area (Å²) in [4.78, 5) is 10.3. The van der Waals surface area contributed by atoms with E-state index in [9.17, 15) is 0 Å². The van der Waals surface area contributed by atoms with Crippen molar-refractivity contribution in [2.45, 2.75) is 22.6 Å². The number of hydrogen-bond donors (Lipinski definition) is 2. The van der Waals surface area contributed by atoms with Crippen LogP contribution < -0.4 is 15.5 Å². The Morgan fingerprint density at radius 2 is 1.89 bits per heavy atom. The quantitative estimate of drug-likeness (QED) is 0.449. The summed E-state index contributed by atoms with van der Waals surface area (Å²) >= 11 is 20.1. The summed E-state index contributed by atoms with van der Waals surface area (Å²) in [6.07, 6.45) is 10.1. The van der Waals surface area contributed by atoms with Crippen molar-refractivity contribution >= 4 is 63.9 Å². The topological polar surface area (TPSA) is 42.9 Å². The summed E-state index contributed by atoms with van der Waals surface area (Å²) in [5.74, 6) is 0.722. The average Bonchev–Trinajstić information content (AvgIpc) is 3.35. The average molecular weight is 551 g/mol. The Kier molecular flexibility index (Phi) is 9.31. The minimum Gasteiger partial charge on any atom is -0.363 e. The van der Waals surface area contributed by atoms with E-state index in [0.29, 0.717) is 27.0 Å². The second-order valence-corrected chi connectivity index (χ2v) is 11.2. The van der Waals surface area contributed by atoms with E-state index >= 15 is 0 Å². The number of nitrogens with zero attached hydrogens (tertiary/aromatic N) is 3. The molecule has 0 aromatic heterocycles. The summed E-state index contributed by atoms with van der Waals surface area (Å²) in [6.45, 7) is 3.80. The highest BCUT2D eigenvalue weighted by atomic mass is 35.5. The molecule has 0 amide bonds. The molecule has 2 N–H and O–H groups in total. The van der Waals surface area contributed by atoms with Crippen molar-refractivity contribution in [1.29, 1.82) is 0 Å². The van der Waals surface area contributed by atoms with Gasteiger partial charge in [0.25, 0.3) is 0 Å². The SMILES string of the molecule is CN(C)CCCN1c2cc(Cl)ccc2SC2C=CC=CC21.Clc1cccc(Cl)c1NC1=NCCN1. The predicted molar refractivity (Wildman–Crippen MR) is 154 cm³/mol. The molecule has 0 radical (unpaired) electrons. The van der Waals surface area contributed by atoms with Crippen molar-refractivity contribution in [3.63, 3.8) is 0 Å². The molecule has 0 bridgehead atoms. The van der Waals surface area contributed by atoms with Gasteiger partial charge in [0.15, 0.2) is 5.96 Å². The second kappa shape index (κ2) is 12.4. The van der Waals surface area contributed by atoms with Gasteiger partial charge in [0, 0.05) is 23.0 Å². The van der Waals surface area contributed by atoms with Crippen LogP contribution in [0.25, 0.3) is 0 Å². The number of allylic oxidation sites excluding steroid dienone is 2. The first-order valence-electron chi connectivity index (χ1n) is 11.6. The molecule has 0 saturated heterocycles. The van der Waals surface area contributed by atoms with Crippen molar-refractivity contribution in [3.05, 3.63) is 75.8 Å². The lowest BCUT2D eigenvalue weighted by Gasteiger charge is -2.42. The molecule has 0 saturated carbocycles. The molecule has 5 rings (SSSR count). The van der Waals surface area contributed by atoms with Gasteiger partial charge in [-0.05, 0) is 57.4 Å². The van der Waals surface area contributed by atoms with E-state index in [0.717, 1.165) is 43.6 Å². The number of thioether (sulfide) groups is 1. The molecule has 3 aliphatic rings. The van der Waals surface area contributed by atoms with Crippen molar-refractivity contribution in [2.75, 3.05) is 50.5 Å². The van der Waals surface area contributed by atoms with Crippen LogP contribution in [0.4, 0.5) is 11.4 Å². The number of halogens is 3. The van der Waals surface area contributed by atoms with Gasteiger partial charge in [-0.15, -0.1) is 11.8 Å². The highest BCUT2D eigenvalue weighted by molar-refractivity contribution is 8.00. The Morgan fingerprint density at radius 3 is 2.60 bits per heavy atom. The maximum atomic E-state index is 6.23. The lowest BCUT2D eigenvalue weighted by molar-refractivity contribution is 0.398. The highest BCUT2D eigenvalue weighted by Gasteiger charge is 2.32. The van der Waals surface area contributed by atoms with E-state index in [1.807, 2.05) is 17.8 Å². The fraction of sp³-hybridized carbons (Fsp3) is 0.346. The number of hydrogen-bond acceptors (Lipinski definition) is 6. The maximum absolute atomic E-state index is 6.23. The number of aliphatic imine (C=N–C) groups is 1. The normalized spacial score (nSPS) is 19.9. The number of benzene rings is 2. The van der Waals surface area contributed by atoms with E-state index in [4.69, 9.17) is 34.8 Å². The van der Waals surface area contributed by atoms with Gasteiger partial charge in [-0.25, -0.2) is 0 Å². The summed E-state index contributed by atoms with van der Waals surface area (Å²) in [5, 5.41) is 8.64. The van der Waals surface area contributed by atoms with Crippen LogP contribution in [0, 0.1) is 0 Å². The first kappa shape index (κ1) is 26.2. The van der Waals surface area contributed by atoms with Gasteiger partial charge >= 0.3 is 0 Å². The molecule has 9 heteroatoms. The Hall–Kier alpha value is -1.83. The zero-order valence-corrected chi connectivity index (χ0v) is 22.9. The molecule has 1 aliphatic carbocycles. The fourth-order valence-electron chi connectivity index (χ4n) is 4.13. The molecule has 2 atom stereocenters. The zero-order valence-electron chi connectivity index (χ0n) is 19.8. The highest BCUT2D eigenvalue weighted by Crippen LogP contribution is 2.44. The summed E-state index contributed by atoms with van der Waals surface area (Å²) in [7, 11) is 4.26. The van der Waals surface area contributed by atoms with E-state index < -0.39 is 0 Å². The Labute approximate surface area is 227 Å². The molecule has 2 unspecified atom stereocenters. The van der Waals surface area contributed by atoms with E-state index in [2.05, 4.69) is 76.0 Å². The lowest BCUT2D eigenvalue weighted by atomic mass is 10.0. The van der Waals surface area contributed by atoms with Gasteiger partial charge in [0.05, 0.1) is 39.3 Å². The molecule has 2 aromatic carbocycles. The Balaban J connectivity index is 0.000000179. The third-order valence-electron chi connectivity index (χ3n) is 5.79. The van der Waals surface area contributed by atoms with Gasteiger partial charge in [-0.1, -0.05) is 65.2 Å². The van der Waals surface area contributed by atoms with Crippen LogP contribution in [0.5, 0.6) is 0 Å². The second-order valence-electron chi connectivity index (χ2n) is 8.68. The number of rotatable bonds is 5. The predicted octanol–water partition coefficient (Wildman–Crippen LogP) is 6.43. The third kappa shape index (κ3) is 6.89. The third-order valence-corrected chi connectivity index (χ3v) is 7.97. The van der Waals surface area contributed by atoms with Crippen molar-refractivity contribution in [1.82, 2.24) is 10.2 Å². The van der Waals surface area contributed by atoms with Gasteiger partial charge < -0.3 is 20.4 Å². The van der Waals surface area contributed by atoms with Crippen LogP contribution in [0.1, 0.15) is 6.42 Å². The van der Waals surface area contributed by atoms with Crippen molar-refractivity contribution < 1.29 is 0 Å². The smallest absolute Gasteiger partial charge is 0.196 e. The van der Waals surface area contributed by atoms with Crippen LogP contribution in [-0.4, -0.2) is 62.4 Å². The molecule has 0 fully saturated rings. The van der Waals surface area contributed by atoms with Gasteiger partial charge in [0.1, 0.15) is 0 Å². The molecular formula is C26H30Cl3N5S. The van der Waals surface area contributed by atoms with Crippen LogP contribution in [-0.2, 0) is 0 Å².